The molecule has 0 saturated heterocycles. The average molecular weight is 817 g/mol. The van der Waals surface area contributed by atoms with Crippen LogP contribution in [0.25, 0.3) is 22.3 Å². The maximum absolute atomic E-state index is 2.51. The number of fused-ring (bicyclic) bond motifs is 6. The summed E-state index contributed by atoms with van der Waals surface area (Å²) in [7, 11) is 0. The van der Waals surface area contributed by atoms with E-state index < -0.39 is 10.8 Å². The second-order valence-electron chi connectivity index (χ2n) is 16.8. The monoisotopic (exact) mass is 816 g/mol. The lowest BCUT2D eigenvalue weighted by molar-refractivity contribution is 0.437. The molecular weight excluding hydrogens is 773 g/mol. The van der Waals surface area contributed by atoms with Crippen molar-refractivity contribution in [1.29, 1.82) is 0 Å². The number of nitrogens with zero attached hydrogens (tertiary/aromatic N) is 2. The highest BCUT2D eigenvalue weighted by molar-refractivity contribution is 5.95. The van der Waals surface area contributed by atoms with Gasteiger partial charge in [-0.05, 0) is 128 Å². The fourth-order valence-corrected chi connectivity index (χ4v) is 11.3. The van der Waals surface area contributed by atoms with Crippen molar-refractivity contribution in [2.24, 2.45) is 0 Å². The molecule has 0 heterocycles. The Morgan fingerprint density at radius 2 is 0.469 bits per heavy atom. The summed E-state index contributed by atoms with van der Waals surface area (Å²) in [5.74, 6) is 0. The van der Waals surface area contributed by atoms with Crippen molar-refractivity contribution < 1.29 is 0 Å². The Balaban J connectivity index is 1.24. The molecule has 0 saturated carbocycles. The molecule has 10 aromatic rings. The molecule has 2 aliphatic carbocycles. The molecule has 2 atom stereocenters. The maximum Gasteiger partial charge on any atom is 0.0642 e. The molecule has 0 amide bonds. The molecule has 10 aromatic carbocycles. The van der Waals surface area contributed by atoms with Gasteiger partial charge in [0.2, 0.25) is 0 Å². The first-order chi connectivity index (χ1) is 31.8. The van der Waals surface area contributed by atoms with Gasteiger partial charge in [0.05, 0.1) is 10.8 Å². The predicted molar refractivity (Wildman–Crippen MR) is 266 cm³/mol. The Labute approximate surface area is 375 Å². The molecule has 0 bridgehead atoms. The predicted octanol–water partition coefficient (Wildman–Crippen LogP) is 16.0. The first-order valence-electron chi connectivity index (χ1n) is 22.2. The minimum Gasteiger partial charge on any atom is -0.310 e. The van der Waals surface area contributed by atoms with Crippen molar-refractivity contribution in [2.75, 3.05) is 9.80 Å². The summed E-state index contributed by atoms with van der Waals surface area (Å²) in [5, 5.41) is 0. The van der Waals surface area contributed by atoms with Gasteiger partial charge in [-0.2, -0.15) is 0 Å². The van der Waals surface area contributed by atoms with Crippen LogP contribution >= 0.6 is 0 Å². The van der Waals surface area contributed by atoms with E-state index in [1.54, 1.807) is 0 Å². The van der Waals surface area contributed by atoms with E-state index in [9.17, 15) is 0 Å². The van der Waals surface area contributed by atoms with Gasteiger partial charge in [0.25, 0.3) is 0 Å². The van der Waals surface area contributed by atoms with Gasteiger partial charge < -0.3 is 9.80 Å². The molecule has 2 nitrogen and oxygen atoms in total. The molecule has 2 unspecified atom stereocenters. The number of hydrogen-bond donors (Lipinski definition) is 0. The normalized spacial score (nSPS) is 16.6. The van der Waals surface area contributed by atoms with Crippen LogP contribution in [0, 0.1) is 0 Å². The summed E-state index contributed by atoms with van der Waals surface area (Å²) in [6.45, 7) is 0. The van der Waals surface area contributed by atoms with Crippen molar-refractivity contribution in [3.63, 3.8) is 0 Å². The Morgan fingerprint density at radius 1 is 0.203 bits per heavy atom. The highest BCUT2D eigenvalue weighted by Crippen LogP contribution is 2.70. The minimum atomic E-state index is -0.763. The second kappa shape index (κ2) is 15.3. The highest BCUT2D eigenvalue weighted by Gasteiger charge is 2.64. The summed E-state index contributed by atoms with van der Waals surface area (Å²) in [5.41, 5.74) is 17.7. The summed E-state index contributed by atoms with van der Waals surface area (Å²) >= 11 is 0. The van der Waals surface area contributed by atoms with E-state index in [-0.39, 0.29) is 0 Å². The molecular formula is C62H44N2. The number of para-hydroxylation sites is 4. The molecule has 0 aromatic heterocycles. The highest BCUT2D eigenvalue weighted by atomic mass is 15.1. The molecule has 12 rings (SSSR count). The van der Waals surface area contributed by atoms with E-state index in [1.807, 2.05) is 0 Å². The van der Waals surface area contributed by atoms with E-state index in [4.69, 9.17) is 0 Å². The molecule has 302 valence electrons. The Hall–Kier alpha value is -8.20. The molecule has 0 fully saturated rings. The zero-order chi connectivity index (χ0) is 42.5. The number of rotatable bonds is 9. The van der Waals surface area contributed by atoms with Gasteiger partial charge in [-0.15, -0.1) is 0 Å². The average Bonchev–Trinajstić information content (AvgIpc) is 3.84. The molecule has 0 radical (unpaired) electrons. The van der Waals surface area contributed by atoms with Gasteiger partial charge in [-0.3, -0.25) is 0 Å². The first-order valence-corrected chi connectivity index (χ1v) is 22.2. The Kier molecular flexibility index (Phi) is 8.98. The lowest BCUT2D eigenvalue weighted by Crippen LogP contribution is -2.50. The van der Waals surface area contributed by atoms with E-state index >= 15 is 0 Å². The van der Waals surface area contributed by atoms with Crippen LogP contribution in [-0.2, 0) is 10.8 Å². The Bertz CT molecular complexity index is 2960. The van der Waals surface area contributed by atoms with Gasteiger partial charge in [-0.1, -0.05) is 194 Å². The van der Waals surface area contributed by atoms with Crippen molar-refractivity contribution in [3.8, 4) is 22.3 Å². The molecule has 0 spiro atoms. The zero-order valence-corrected chi connectivity index (χ0v) is 35.3. The third-order valence-corrected chi connectivity index (χ3v) is 13.6. The third kappa shape index (κ3) is 5.52. The summed E-state index contributed by atoms with van der Waals surface area (Å²) in [6, 6.07) is 98.6. The van der Waals surface area contributed by atoms with Gasteiger partial charge in [0, 0.05) is 34.1 Å². The van der Waals surface area contributed by atoms with Crippen LogP contribution in [0.5, 0.6) is 0 Å². The molecule has 64 heavy (non-hydrogen) atoms. The summed E-state index contributed by atoms with van der Waals surface area (Å²) in [4.78, 5) is 4.81. The Morgan fingerprint density at radius 3 is 0.797 bits per heavy atom. The lowest BCUT2D eigenvalue weighted by atomic mass is 9.49. The van der Waals surface area contributed by atoms with E-state index in [0.717, 1.165) is 34.1 Å². The fourth-order valence-electron chi connectivity index (χ4n) is 11.3. The van der Waals surface area contributed by atoms with Gasteiger partial charge >= 0.3 is 0 Å². The maximum atomic E-state index is 2.51. The van der Waals surface area contributed by atoms with Crippen LogP contribution in [-0.4, -0.2) is 0 Å². The van der Waals surface area contributed by atoms with Crippen molar-refractivity contribution >= 4 is 34.1 Å². The van der Waals surface area contributed by atoms with Crippen LogP contribution in [0.4, 0.5) is 34.1 Å². The van der Waals surface area contributed by atoms with Gasteiger partial charge in [0.1, 0.15) is 0 Å². The largest absolute Gasteiger partial charge is 0.310 e. The number of hydrogen-bond acceptors (Lipinski definition) is 2. The smallest absolute Gasteiger partial charge is 0.0642 e. The minimum absolute atomic E-state index is 0.763. The first kappa shape index (κ1) is 37.6. The van der Waals surface area contributed by atoms with E-state index in [1.165, 1.54) is 55.6 Å². The van der Waals surface area contributed by atoms with Crippen LogP contribution in [0.15, 0.2) is 267 Å². The van der Waals surface area contributed by atoms with Crippen LogP contribution in [0.1, 0.15) is 33.4 Å². The molecule has 2 heteroatoms. The standard InChI is InChI=1S/C62H44N2/c1-7-23-45(24-8-1)61(57-37-21-19-35-53(57)55-41-39-51(43-59(55)61)63(47-27-11-3-12-28-47)48-29-13-4-14-30-48)62(46-25-9-2-10-26-46)58-38-22-20-36-54(58)56-42-40-52(44-60(56)62)64(49-31-15-5-16-32-49)50-33-17-6-18-34-50/h1-44H. The zero-order valence-electron chi connectivity index (χ0n) is 35.3. The number of benzene rings is 10. The topological polar surface area (TPSA) is 6.48 Å². The van der Waals surface area contributed by atoms with Gasteiger partial charge in [0.15, 0.2) is 0 Å². The number of anilines is 6. The van der Waals surface area contributed by atoms with Crippen LogP contribution in [0.2, 0.25) is 0 Å². The molecule has 2 aliphatic rings. The lowest BCUT2D eigenvalue weighted by Gasteiger charge is -2.51. The summed E-state index contributed by atoms with van der Waals surface area (Å²) < 4.78 is 0. The molecule has 0 N–H and O–H groups in total. The van der Waals surface area contributed by atoms with Crippen molar-refractivity contribution in [1.82, 2.24) is 0 Å². The van der Waals surface area contributed by atoms with Crippen molar-refractivity contribution in [3.05, 3.63) is 300 Å². The molecule has 0 aliphatic heterocycles. The van der Waals surface area contributed by atoms with Crippen molar-refractivity contribution in [2.45, 2.75) is 10.8 Å². The quantitative estimate of drug-likeness (QED) is 0.143. The summed E-state index contributed by atoms with van der Waals surface area (Å²) in [6.07, 6.45) is 0. The fraction of sp³-hybridized carbons (Fsp3) is 0.0323. The van der Waals surface area contributed by atoms with Gasteiger partial charge in [-0.25, -0.2) is 0 Å². The van der Waals surface area contributed by atoms with Crippen LogP contribution in [0.3, 0.4) is 0 Å². The second-order valence-corrected chi connectivity index (χ2v) is 16.8. The van der Waals surface area contributed by atoms with E-state index in [2.05, 4.69) is 277 Å². The third-order valence-electron chi connectivity index (χ3n) is 13.6. The SMILES string of the molecule is c1ccc(N(c2ccccc2)c2ccc3c(c2)C(c2ccccc2)(C2(c4ccccc4)c4ccccc4-c4ccc(N(c5ccccc5)c5ccccc5)cc42)c2ccccc2-3)cc1. The van der Waals surface area contributed by atoms with E-state index in [0.29, 0.717) is 0 Å². The van der Waals surface area contributed by atoms with Crippen LogP contribution < -0.4 is 9.80 Å².